The van der Waals surface area contributed by atoms with Gasteiger partial charge in [0.2, 0.25) is 5.78 Å². The molecule has 2 aromatic rings. The summed E-state index contributed by atoms with van der Waals surface area (Å²) in [4.78, 5) is 23.8. The number of ketones is 1. The van der Waals surface area contributed by atoms with Crippen molar-refractivity contribution in [3.8, 4) is 5.75 Å². The molecule has 0 aliphatic carbocycles. The molecule has 0 bridgehead atoms. The van der Waals surface area contributed by atoms with Crippen LogP contribution < -0.4 is 10.1 Å². The SMILES string of the molecule is COc1ccc(CCNC(=O)C(=O)Cc2ccc(Cl)c(Br)c2)cc1. The quantitative estimate of drug-likeness (QED) is 0.710. The van der Waals surface area contributed by atoms with Crippen LogP contribution in [-0.2, 0) is 22.4 Å². The van der Waals surface area contributed by atoms with Crippen LogP contribution in [0.4, 0.5) is 0 Å². The number of rotatable bonds is 7. The van der Waals surface area contributed by atoms with Crippen LogP contribution in [0.3, 0.4) is 0 Å². The van der Waals surface area contributed by atoms with E-state index in [1.807, 2.05) is 24.3 Å². The van der Waals surface area contributed by atoms with Gasteiger partial charge in [0.15, 0.2) is 0 Å². The number of hydrogen-bond donors (Lipinski definition) is 1. The van der Waals surface area contributed by atoms with Crippen molar-refractivity contribution in [3.63, 3.8) is 0 Å². The second-order valence-corrected chi connectivity index (χ2v) is 6.46. The lowest BCUT2D eigenvalue weighted by molar-refractivity contribution is -0.137. The Kier molecular flexibility index (Phi) is 6.82. The lowest BCUT2D eigenvalue weighted by atomic mass is 10.1. The van der Waals surface area contributed by atoms with Gasteiger partial charge in [0.05, 0.1) is 12.1 Å². The Labute approximate surface area is 154 Å². The van der Waals surface area contributed by atoms with Crippen LogP contribution in [0, 0.1) is 0 Å². The van der Waals surface area contributed by atoms with Crippen LogP contribution in [0.15, 0.2) is 46.9 Å². The highest BCUT2D eigenvalue weighted by Crippen LogP contribution is 2.23. The molecule has 0 fully saturated rings. The first kappa shape index (κ1) is 18.5. The number of benzene rings is 2. The van der Waals surface area contributed by atoms with Crippen molar-refractivity contribution in [1.82, 2.24) is 5.32 Å². The zero-order valence-corrected chi connectivity index (χ0v) is 15.5. The van der Waals surface area contributed by atoms with E-state index in [0.717, 1.165) is 16.9 Å². The number of nitrogens with one attached hydrogen (secondary N) is 1. The van der Waals surface area contributed by atoms with Crippen molar-refractivity contribution in [2.24, 2.45) is 0 Å². The molecule has 6 heteroatoms. The Bertz CT molecular complexity index is 732. The molecule has 1 N–H and O–H groups in total. The normalized spacial score (nSPS) is 10.3. The Morgan fingerprint density at radius 2 is 1.79 bits per heavy atom. The smallest absolute Gasteiger partial charge is 0.287 e. The monoisotopic (exact) mass is 409 g/mol. The highest BCUT2D eigenvalue weighted by atomic mass is 79.9. The van der Waals surface area contributed by atoms with Gasteiger partial charge >= 0.3 is 0 Å². The number of amides is 1. The number of carbonyl (C=O) groups excluding carboxylic acids is 2. The summed E-state index contributed by atoms with van der Waals surface area (Å²) in [6, 6.07) is 12.7. The predicted molar refractivity (Wildman–Crippen MR) is 97.6 cm³/mol. The first-order valence-corrected chi connectivity index (χ1v) is 8.54. The van der Waals surface area contributed by atoms with Gasteiger partial charge in [0.25, 0.3) is 5.91 Å². The molecular weight excluding hydrogens is 394 g/mol. The predicted octanol–water partition coefficient (Wildman–Crippen LogP) is 3.58. The van der Waals surface area contributed by atoms with Crippen LogP contribution in [0.1, 0.15) is 11.1 Å². The minimum atomic E-state index is -0.574. The van der Waals surface area contributed by atoms with Gasteiger partial charge in [-0.15, -0.1) is 0 Å². The second-order valence-electron chi connectivity index (χ2n) is 5.20. The molecule has 24 heavy (non-hydrogen) atoms. The number of methoxy groups -OCH3 is 1. The van der Waals surface area contributed by atoms with Crippen LogP contribution in [0.25, 0.3) is 0 Å². The molecule has 0 radical (unpaired) electrons. The van der Waals surface area contributed by atoms with E-state index in [4.69, 9.17) is 16.3 Å². The summed E-state index contributed by atoms with van der Waals surface area (Å²) >= 11 is 9.20. The van der Waals surface area contributed by atoms with E-state index in [1.54, 1.807) is 25.3 Å². The molecule has 0 aliphatic heterocycles. The lowest BCUT2D eigenvalue weighted by Crippen LogP contribution is -2.33. The maximum Gasteiger partial charge on any atom is 0.287 e. The van der Waals surface area contributed by atoms with Crippen molar-refractivity contribution in [3.05, 3.63) is 63.1 Å². The lowest BCUT2D eigenvalue weighted by Gasteiger charge is -2.06. The fourth-order valence-corrected chi connectivity index (χ4v) is 2.67. The summed E-state index contributed by atoms with van der Waals surface area (Å²) in [7, 11) is 1.61. The zero-order valence-electron chi connectivity index (χ0n) is 13.1. The molecule has 4 nitrogen and oxygen atoms in total. The Balaban J connectivity index is 1.80. The van der Waals surface area contributed by atoms with Gasteiger partial charge < -0.3 is 10.1 Å². The average Bonchev–Trinajstić information content (AvgIpc) is 2.58. The fourth-order valence-electron chi connectivity index (χ4n) is 2.13. The van der Waals surface area contributed by atoms with Gasteiger partial charge in [-0.05, 0) is 57.7 Å². The molecule has 1 amide bonds. The Hall–Kier alpha value is -1.85. The molecule has 126 valence electrons. The molecule has 0 unspecified atom stereocenters. The number of Topliss-reactive ketones (excluding diaryl/α,β-unsaturated/α-hetero) is 1. The Morgan fingerprint density at radius 1 is 1.12 bits per heavy atom. The number of halogens is 2. The van der Waals surface area contributed by atoms with Crippen LogP contribution in [0.2, 0.25) is 5.02 Å². The molecular formula is C18H17BrClNO3. The van der Waals surface area contributed by atoms with Crippen molar-refractivity contribution < 1.29 is 14.3 Å². The van der Waals surface area contributed by atoms with E-state index >= 15 is 0 Å². The minimum absolute atomic E-state index is 0.0458. The third-order valence-corrected chi connectivity index (χ3v) is 4.67. The van der Waals surface area contributed by atoms with Gasteiger partial charge in [-0.1, -0.05) is 29.8 Å². The molecule has 0 aromatic heterocycles. The van der Waals surface area contributed by atoms with E-state index in [1.165, 1.54) is 0 Å². The summed E-state index contributed by atoms with van der Waals surface area (Å²) < 4.78 is 5.79. The van der Waals surface area contributed by atoms with Gasteiger partial charge in [-0.25, -0.2) is 0 Å². The third-order valence-electron chi connectivity index (χ3n) is 3.46. The summed E-state index contributed by atoms with van der Waals surface area (Å²) in [6.45, 7) is 0.404. The van der Waals surface area contributed by atoms with E-state index in [9.17, 15) is 9.59 Å². The van der Waals surface area contributed by atoms with E-state index in [2.05, 4.69) is 21.2 Å². The van der Waals surface area contributed by atoms with E-state index in [-0.39, 0.29) is 6.42 Å². The zero-order chi connectivity index (χ0) is 17.5. The number of carbonyl (C=O) groups is 2. The second kappa shape index (κ2) is 8.85. The maximum atomic E-state index is 12.0. The molecule has 2 rings (SSSR count). The topological polar surface area (TPSA) is 55.4 Å². The Morgan fingerprint density at radius 3 is 2.42 bits per heavy atom. The van der Waals surface area contributed by atoms with Crippen LogP contribution >= 0.6 is 27.5 Å². The summed E-state index contributed by atoms with van der Waals surface area (Å²) in [6.07, 6.45) is 0.694. The first-order valence-electron chi connectivity index (χ1n) is 7.37. The summed E-state index contributed by atoms with van der Waals surface area (Å²) in [5, 5.41) is 3.21. The molecule has 2 aromatic carbocycles. The van der Waals surface area contributed by atoms with Crippen molar-refractivity contribution in [2.75, 3.05) is 13.7 Å². The van der Waals surface area contributed by atoms with Crippen LogP contribution in [-0.4, -0.2) is 25.3 Å². The molecule has 0 saturated carbocycles. The number of ether oxygens (including phenoxy) is 1. The standard InChI is InChI=1S/C18H17BrClNO3/c1-24-14-5-2-12(3-6-14)8-9-21-18(23)17(22)11-13-4-7-16(20)15(19)10-13/h2-7,10H,8-9,11H2,1H3,(H,21,23). The van der Waals surface area contributed by atoms with Gasteiger partial charge in [0.1, 0.15) is 5.75 Å². The highest BCUT2D eigenvalue weighted by Gasteiger charge is 2.14. The molecule has 0 spiro atoms. The molecule has 0 atom stereocenters. The van der Waals surface area contributed by atoms with Crippen molar-refractivity contribution in [1.29, 1.82) is 0 Å². The number of hydrogen-bond acceptors (Lipinski definition) is 3. The summed E-state index contributed by atoms with van der Waals surface area (Å²) in [5.41, 5.74) is 1.80. The fraction of sp³-hybridized carbons (Fsp3) is 0.222. The third kappa shape index (κ3) is 5.35. The largest absolute Gasteiger partial charge is 0.497 e. The van der Waals surface area contributed by atoms with Gasteiger partial charge in [0, 0.05) is 17.4 Å². The van der Waals surface area contributed by atoms with Crippen LogP contribution in [0.5, 0.6) is 5.75 Å². The average molecular weight is 411 g/mol. The summed E-state index contributed by atoms with van der Waals surface area (Å²) in [5.74, 6) is -0.263. The van der Waals surface area contributed by atoms with Crippen molar-refractivity contribution >= 4 is 39.2 Å². The van der Waals surface area contributed by atoms with E-state index in [0.29, 0.717) is 22.5 Å². The molecule has 0 heterocycles. The van der Waals surface area contributed by atoms with Gasteiger partial charge in [-0.3, -0.25) is 9.59 Å². The minimum Gasteiger partial charge on any atom is -0.497 e. The van der Waals surface area contributed by atoms with E-state index < -0.39 is 11.7 Å². The highest BCUT2D eigenvalue weighted by molar-refractivity contribution is 9.10. The first-order chi connectivity index (χ1) is 11.5. The maximum absolute atomic E-state index is 12.0. The van der Waals surface area contributed by atoms with Crippen molar-refractivity contribution in [2.45, 2.75) is 12.8 Å². The molecule has 0 saturated heterocycles. The van der Waals surface area contributed by atoms with Gasteiger partial charge in [-0.2, -0.15) is 0 Å². The molecule has 0 aliphatic rings.